The van der Waals surface area contributed by atoms with Crippen molar-refractivity contribution in [1.29, 1.82) is 0 Å². The van der Waals surface area contributed by atoms with Gasteiger partial charge in [-0.05, 0) is 40.4 Å². The summed E-state index contributed by atoms with van der Waals surface area (Å²) in [5, 5.41) is 3.11. The summed E-state index contributed by atoms with van der Waals surface area (Å²) in [7, 11) is 0. The second-order valence-corrected chi connectivity index (χ2v) is 5.64. The van der Waals surface area contributed by atoms with Crippen LogP contribution in [0.1, 0.15) is 17.2 Å². The van der Waals surface area contributed by atoms with Gasteiger partial charge in [-0.15, -0.1) is 11.3 Å². The lowest BCUT2D eigenvalue weighted by Gasteiger charge is -2.12. The highest BCUT2D eigenvalue weighted by atomic mass is 32.1. The Hall–Kier alpha value is -1.78. The van der Waals surface area contributed by atoms with Gasteiger partial charge in [0.1, 0.15) is 11.6 Å². The molecule has 3 aromatic rings. The Kier molecular flexibility index (Phi) is 3.51. The van der Waals surface area contributed by atoms with E-state index >= 15 is 0 Å². The smallest absolute Gasteiger partial charge is 0.129 e. The monoisotopic (exact) mass is 289 g/mol. The zero-order valence-corrected chi connectivity index (χ0v) is 11.5. The molecule has 4 heteroatoms. The van der Waals surface area contributed by atoms with Crippen molar-refractivity contribution in [3.8, 4) is 0 Å². The van der Waals surface area contributed by atoms with Gasteiger partial charge in [-0.1, -0.05) is 24.3 Å². The molecule has 0 aliphatic heterocycles. The molecule has 1 nitrogen and oxygen atoms in total. The number of benzene rings is 2. The minimum atomic E-state index is -0.569. The van der Waals surface area contributed by atoms with Gasteiger partial charge in [0.25, 0.3) is 0 Å². The zero-order chi connectivity index (χ0) is 14.1. The molecule has 0 aliphatic carbocycles. The number of fused-ring (bicyclic) bond motifs is 1. The van der Waals surface area contributed by atoms with Gasteiger partial charge in [0.2, 0.25) is 0 Å². The van der Waals surface area contributed by atoms with E-state index in [9.17, 15) is 8.78 Å². The van der Waals surface area contributed by atoms with E-state index in [2.05, 4.69) is 0 Å². The fourth-order valence-corrected chi connectivity index (χ4v) is 3.35. The van der Waals surface area contributed by atoms with Crippen LogP contribution in [0.3, 0.4) is 0 Å². The fourth-order valence-electron chi connectivity index (χ4n) is 2.32. The fraction of sp³-hybridized carbons (Fsp3) is 0.125. The normalized spacial score (nSPS) is 12.8. The Bertz CT molecular complexity index is 751. The second-order valence-electron chi connectivity index (χ2n) is 4.73. The van der Waals surface area contributed by atoms with E-state index in [4.69, 9.17) is 5.73 Å². The Morgan fingerprint density at radius 2 is 1.90 bits per heavy atom. The van der Waals surface area contributed by atoms with Gasteiger partial charge >= 0.3 is 0 Å². The molecule has 1 unspecified atom stereocenters. The van der Waals surface area contributed by atoms with Crippen LogP contribution in [0.5, 0.6) is 0 Å². The lowest BCUT2D eigenvalue weighted by atomic mass is 9.99. The number of nitrogens with two attached hydrogens (primary N) is 1. The number of hydrogen-bond donors (Lipinski definition) is 1. The molecule has 3 rings (SSSR count). The standard InChI is InChI=1S/C16H13F2NS/c17-11-6-5-10(14(18)8-11)7-15(19)13-9-20-16-4-2-1-3-12(13)16/h1-6,8-9,15H,7,19H2. The average molecular weight is 289 g/mol. The summed E-state index contributed by atoms with van der Waals surface area (Å²) in [6.07, 6.45) is 0.354. The Balaban J connectivity index is 1.91. The predicted octanol–water partition coefficient (Wildman–Crippen LogP) is 4.42. The molecule has 0 spiro atoms. The third-order valence-corrected chi connectivity index (χ3v) is 4.35. The third-order valence-electron chi connectivity index (χ3n) is 3.37. The maximum Gasteiger partial charge on any atom is 0.129 e. The Labute approximate surface area is 119 Å². The molecule has 2 aromatic carbocycles. The highest BCUT2D eigenvalue weighted by molar-refractivity contribution is 7.17. The van der Waals surface area contributed by atoms with E-state index < -0.39 is 11.6 Å². The van der Waals surface area contributed by atoms with Gasteiger partial charge in [-0.2, -0.15) is 0 Å². The molecule has 1 atom stereocenters. The van der Waals surface area contributed by atoms with E-state index in [-0.39, 0.29) is 6.04 Å². The SMILES string of the molecule is NC(Cc1ccc(F)cc1F)c1csc2ccccc12. The second kappa shape index (κ2) is 5.31. The van der Waals surface area contributed by atoms with Gasteiger partial charge in [0, 0.05) is 16.8 Å². The van der Waals surface area contributed by atoms with Crippen molar-refractivity contribution in [2.75, 3.05) is 0 Å². The number of rotatable bonds is 3. The lowest BCUT2D eigenvalue weighted by Crippen LogP contribution is -2.13. The molecule has 0 aliphatic rings. The summed E-state index contributed by atoms with van der Waals surface area (Å²) in [5.74, 6) is -1.11. The minimum Gasteiger partial charge on any atom is -0.324 e. The van der Waals surface area contributed by atoms with E-state index in [1.807, 2.05) is 29.6 Å². The van der Waals surface area contributed by atoms with E-state index in [0.717, 1.165) is 21.7 Å². The van der Waals surface area contributed by atoms with Crippen LogP contribution in [0.2, 0.25) is 0 Å². The minimum absolute atomic E-state index is 0.300. The number of halogens is 2. The number of hydrogen-bond acceptors (Lipinski definition) is 2. The molecular formula is C16H13F2NS. The van der Waals surface area contributed by atoms with Crippen molar-refractivity contribution < 1.29 is 8.78 Å². The van der Waals surface area contributed by atoms with Crippen LogP contribution < -0.4 is 5.73 Å². The first kappa shape index (κ1) is 13.2. The van der Waals surface area contributed by atoms with E-state index in [0.29, 0.717) is 12.0 Å². The van der Waals surface area contributed by atoms with Crippen LogP contribution in [-0.2, 0) is 6.42 Å². The third kappa shape index (κ3) is 2.44. The summed E-state index contributed by atoms with van der Waals surface area (Å²) in [6.45, 7) is 0. The van der Waals surface area contributed by atoms with Crippen LogP contribution in [0.25, 0.3) is 10.1 Å². The van der Waals surface area contributed by atoms with Gasteiger partial charge in [-0.3, -0.25) is 0 Å². The molecule has 0 saturated heterocycles. The lowest BCUT2D eigenvalue weighted by molar-refractivity contribution is 0.563. The van der Waals surface area contributed by atoms with Crippen molar-refractivity contribution >= 4 is 21.4 Å². The topological polar surface area (TPSA) is 26.0 Å². The molecule has 0 amide bonds. The largest absolute Gasteiger partial charge is 0.324 e. The van der Waals surface area contributed by atoms with Gasteiger partial charge < -0.3 is 5.73 Å². The zero-order valence-electron chi connectivity index (χ0n) is 10.6. The first-order valence-corrected chi connectivity index (χ1v) is 7.19. The molecule has 1 aromatic heterocycles. The molecule has 1 heterocycles. The molecule has 20 heavy (non-hydrogen) atoms. The van der Waals surface area contributed by atoms with Crippen molar-refractivity contribution in [1.82, 2.24) is 0 Å². The van der Waals surface area contributed by atoms with Crippen molar-refractivity contribution in [3.05, 3.63) is 70.6 Å². The summed E-state index contributed by atoms with van der Waals surface area (Å²) in [4.78, 5) is 0. The highest BCUT2D eigenvalue weighted by Gasteiger charge is 2.14. The van der Waals surface area contributed by atoms with Crippen LogP contribution in [0.15, 0.2) is 47.8 Å². The van der Waals surface area contributed by atoms with Crippen LogP contribution in [0.4, 0.5) is 8.78 Å². The Morgan fingerprint density at radius 3 is 2.70 bits per heavy atom. The highest BCUT2D eigenvalue weighted by Crippen LogP contribution is 2.31. The van der Waals surface area contributed by atoms with E-state index in [1.54, 1.807) is 11.3 Å². The maximum absolute atomic E-state index is 13.7. The molecule has 0 radical (unpaired) electrons. The first-order chi connectivity index (χ1) is 9.65. The van der Waals surface area contributed by atoms with Gasteiger partial charge in [0.15, 0.2) is 0 Å². The molecular weight excluding hydrogens is 276 g/mol. The average Bonchev–Trinajstić information content (AvgIpc) is 2.86. The first-order valence-electron chi connectivity index (χ1n) is 6.31. The van der Waals surface area contributed by atoms with Crippen LogP contribution in [0, 0.1) is 11.6 Å². The van der Waals surface area contributed by atoms with Crippen molar-refractivity contribution in [2.45, 2.75) is 12.5 Å². The maximum atomic E-state index is 13.7. The molecule has 0 bridgehead atoms. The number of thiophene rings is 1. The molecule has 2 N–H and O–H groups in total. The van der Waals surface area contributed by atoms with Gasteiger partial charge in [-0.25, -0.2) is 8.78 Å². The molecule has 0 fully saturated rings. The van der Waals surface area contributed by atoms with Crippen molar-refractivity contribution in [3.63, 3.8) is 0 Å². The molecule has 0 saturated carbocycles. The summed E-state index contributed by atoms with van der Waals surface area (Å²) < 4.78 is 27.7. The summed E-state index contributed by atoms with van der Waals surface area (Å²) >= 11 is 1.63. The summed E-state index contributed by atoms with van der Waals surface area (Å²) in [6, 6.07) is 11.3. The predicted molar refractivity (Wildman–Crippen MR) is 78.8 cm³/mol. The van der Waals surface area contributed by atoms with Crippen LogP contribution >= 0.6 is 11.3 Å². The van der Waals surface area contributed by atoms with E-state index in [1.165, 1.54) is 12.1 Å². The molecule has 102 valence electrons. The van der Waals surface area contributed by atoms with Gasteiger partial charge in [0.05, 0.1) is 0 Å². The van der Waals surface area contributed by atoms with Crippen molar-refractivity contribution in [2.24, 2.45) is 5.73 Å². The Morgan fingerprint density at radius 1 is 1.10 bits per heavy atom. The summed E-state index contributed by atoms with van der Waals surface area (Å²) in [5.41, 5.74) is 7.64. The quantitative estimate of drug-likeness (QED) is 0.758. The van der Waals surface area contributed by atoms with Crippen LogP contribution in [-0.4, -0.2) is 0 Å².